The minimum Gasteiger partial charge on any atom is -0.313 e. The minimum atomic E-state index is 0.856. The van der Waals surface area contributed by atoms with E-state index in [1.165, 1.54) is 22.3 Å². The Bertz CT molecular complexity index is 480. The van der Waals surface area contributed by atoms with Crippen LogP contribution in [0, 0.1) is 13.8 Å². The molecule has 1 heterocycles. The number of rotatable bonds is 4. The molecule has 0 aliphatic rings. The highest BCUT2D eigenvalue weighted by atomic mass is 15.1. The molecule has 90 valence electrons. The van der Waals surface area contributed by atoms with E-state index >= 15 is 0 Å². The van der Waals surface area contributed by atoms with Crippen molar-refractivity contribution in [3.63, 3.8) is 0 Å². The summed E-state index contributed by atoms with van der Waals surface area (Å²) >= 11 is 0. The van der Waals surface area contributed by atoms with Crippen molar-refractivity contribution in [3.05, 3.63) is 41.1 Å². The van der Waals surface area contributed by atoms with E-state index in [-0.39, 0.29) is 0 Å². The average Bonchev–Trinajstić information content (AvgIpc) is 2.73. The van der Waals surface area contributed by atoms with Gasteiger partial charge in [-0.3, -0.25) is 5.10 Å². The predicted molar refractivity (Wildman–Crippen MR) is 70.9 cm³/mol. The lowest BCUT2D eigenvalue weighted by Crippen LogP contribution is -2.11. The van der Waals surface area contributed by atoms with Gasteiger partial charge in [0.15, 0.2) is 0 Å². The Morgan fingerprint density at radius 2 is 1.88 bits per heavy atom. The fourth-order valence-corrected chi connectivity index (χ4v) is 2.07. The summed E-state index contributed by atoms with van der Waals surface area (Å²) in [6.07, 6.45) is 1.90. The van der Waals surface area contributed by atoms with Crippen LogP contribution in [0.25, 0.3) is 11.3 Å². The number of nitrogens with one attached hydrogen (secondary N) is 2. The van der Waals surface area contributed by atoms with E-state index in [0.717, 1.165) is 18.8 Å². The number of nitrogens with zero attached hydrogens (tertiary/aromatic N) is 1. The summed E-state index contributed by atoms with van der Waals surface area (Å²) in [6.45, 7) is 8.18. The topological polar surface area (TPSA) is 40.7 Å². The van der Waals surface area contributed by atoms with Crippen molar-refractivity contribution < 1.29 is 0 Å². The molecular weight excluding hydrogens is 210 g/mol. The fraction of sp³-hybridized carbons (Fsp3) is 0.357. The average molecular weight is 229 g/mol. The summed E-state index contributed by atoms with van der Waals surface area (Å²) in [7, 11) is 0. The molecule has 0 fully saturated rings. The zero-order valence-corrected chi connectivity index (χ0v) is 10.7. The first-order valence-corrected chi connectivity index (χ1v) is 6.02. The van der Waals surface area contributed by atoms with Crippen LogP contribution >= 0.6 is 0 Å². The van der Waals surface area contributed by atoms with Gasteiger partial charge >= 0.3 is 0 Å². The maximum absolute atomic E-state index is 4.15. The van der Waals surface area contributed by atoms with Gasteiger partial charge in [0.05, 0.1) is 11.9 Å². The van der Waals surface area contributed by atoms with Crippen LogP contribution in [0.4, 0.5) is 0 Å². The first kappa shape index (κ1) is 11.9. The molecule has 0 aliphatic heterocycles. The van der Waals surface area contributed by atoms with Crippen LogP contribution in [-0.4, -0.2) is 16.7 Å². The van der Waals surface area contributed by atoms with Crippen molar-refractivity contribution in [1.29, 1.82) is 0 Å². The lowest BCUT2D eigenvalue weighted by Gasteiger charge is -2.06. The number of hydrogen-bond donors (Lipinski definition) is 2. The molecule has 0 bridgehead atoms. The van der Waals surface area contributed by atoms with Crippen LogP contribution < -0.4 is 5.32 Å². The van der Waals surface area contributed by atoms with Crippen LogP contribution in [0.1, 0.15) is 23.6 Å². The van der Waals surface area contributed by atoms with Crippen LogP contribution in [0.15, 0.2) is 24.4 Å². The lowest BCUT2D eigenvalue weighted by atomic mass is 10.0. The number of H-pyrrole nitrogens is 1. The van der Waals surface area contributed by atoms with Crippen molar-refractivity contribution in [2.24, 2.45) is 0 Å². The van der Waals surface area contributed by atoms with Gasteiger partial charge in [0.1, 0.15) is 0 Å². The first-order valence-electron chi connectivity index (χ1n) is 6.02. The Labute approximate surface area is 102 Å². The molecule has 1 aromatic carbocycles. The molecule has 2 N–H and O–H groups in total. The lowest BCUT2D eigenvalue weighted by molar-refractivity contribution is 0.728. The van der Waals surface area contributed by atoms with Gasteiger partial charge in [0, 0.05) is 17.7 Å². The van der Waals surface area contributed by atoms with Gasteiger partial charge in [-0.25, -0.2) is 0 Å². The number of hydrogen-bond acceptors (Lipinski definition) is 2. The van der Waals surface area contributed by atoms with Crippen LogP contribution in [0.2, 0.25) is 0 Å². The summed E-state index contributed by atoms with van der Waals surface area (Å²) < 4.78 is 0. The molecule has 0 radical (unpaired) electrons. The van der Waals surface area contributed by atoms with E-state index in [1.807, 2.05) is 6.20 Å². The monoisotopic (exact) mass is 229 g/mol. The molecule has 0 atom stereocenters. The van der Waals surface area contributed by atoms with Gasteiger partial charge < -0.3 is 5.32 Å². The van der Waals surface area contributed by atoms with Crippen molar-refractivity contribution in [2.45, 2.75) is 27.3 Å². The molecule has 2 aromatic rings. The second kappa shape index (κ2) is 5.15. The first-order chi connectivity index (χ1) is 8.20. The van der Waals surface area contributed by atoms with Gasteiger partial charge in [-0.2, -0.15) is 5.10 Å². The van der Waals surface area contributed by atoms with Crippen molar-refractivity contribution >= 4 is 0 Å². The summed E-state index contributed by atoms with van der Waals surface area (Å²) in [5.41, 5.74) is 6.12. The normalized spacial score (nSPS) is 10.8. The highest BCUT2D eigenvalue weighted by molar-refractivity contribution is 5.64. The largest absolute Gasteiger partial charge is 0.313 e. The third kappa shape index (κ3) is 2.74. The summed E-state index contributed by atoms with van der Waals surface area (Å²) in [6, 6.07) is 6.57. The van der Waals surface area contributed by atoms with E-state index in [2.05, 4.69) is 54.5 Å². The fourth-order valence-electron chi connectivity index (χ4n) is 2.07. The van der Waals surface area contributed by atoms with Crippen LogP contribution in [-0.2, 0) is 6.54 Å². The van der Waals surface area contributed by atoms with E-state index < -0.39 is 0 Å². The maximum atomic E-state index is 4.15. The van der Waals surface area contributed by atoms with E-state index in [4.69, 9.17) is 0 Å². The molecule has 3 nitrogen and oxygen atoms in total. The number of benzene rings is 1. The number of aromatic amines is 1. The summed E-state index contributed by atoms with van der Waals surface area (Å²) in [5, 5.41) is 10.6. The van der Waals surface area contributed by atoms with Gasteiger partial charge in [-0.15, -0.1) is 0 Å². The summed E-state index contributed by atoms with van der Waals surface area (Å²) in [5.74, 6) is 0. The standard InChI is InChI=1S/C14H19N3/c1-4-15-8-13-9-16-17-14(13)12-6-10(2)5-11(3)7-12/h5-7,9,15H,4,8H2,1-3H3,(H,16,17). The second-order valence-electron chi connectivity index (χ2n) is 4.43. The minimum absolute atomic E-state index is 0.856. The van der Waals surface area contributed by atoms with Gasteiger partial charge in [-0.05, 0) is 32.5 Å². The molecule has 3 heteroatoms. The molecule has 0 aliphatic carbocycles. The van der Waals surface area contributed by atoms with Crippen molar-refractivity contribution in [3.8, 4) is 11.3 Å². The Balaban J connectivity index is 2.35. The Kier molecular flexibility index (Phi) is 3.59. The molecule has 2 rings (SSSR count). The SMILES string of the molecule is CCNCc1cn[nH]c1-c1cc(C)cc(C)c1. The maximum Gasteiger partial charge on any atom is 0.0695 e. The summed E-state index contributed by atoms with van der Waals surface area (Å²) in [4.78, 5) is 0. The van der Waals surface area contributed by atoms with Crippen LogP contribution in [0.5, 0.6) is 0 Å². The highest BCUT2D eigenvalue weighted by Crippen LogP contribution is 2.23. The third-order valence-electron chi connectivity index (χ3n) is 2.79. The molecule has 0 spiro atoms. The molecule has 17 heavy (non-hydrogen) atoms. The Hall–Kier alpha value is -1.61. The van der Waals surface area contributed by atoms with Gasteiger partial charge in [-0.1, -0.05) is 24.1 Å². The molecule has 0 saturated heterocycles. The van der Waals surface area contributed by atoms with Crippen molar-refractivity contribution in [1.82, 2.24) is 15.5 Å². The smallest absolute Gasteiger partial charge is 0.0695 e. The van der Waals surface area contributed by atoms with Gasteiger partial charge in [0.2, 0.25) is 0 Å². The van der Waals surface area contributed by atoms with Gasteiger partial charge in [0.25, 0.3) is 0 Å². The highest BCUT2D eigenvalue weighted by Gasteiger charge is 2.07. The number of aromatic nitrogens is 2. The zero-order valence-electron chi connectivity index (χ0n) is 10.7. The number of aryl methyl sites for hydroxylation is 2. The molecular formula is C14H19N3. The molecule has 0 amide bonds. The van der Waals surface area contributed by atoms with E-state index in [0.29, 0.717) is 0 Å². The second-order valence-corrected chi connectivity index (χ2v) is 4.43. The Morgan fingerprint density at radius 3 is 2.53 bits per heavy atom. The zero-order chi connectivity index (χ0) is 12.3. The third-order valence-corrected chi connectivity index (χ3v) is 2.79. The predicted octanol–water partition coefficient (Wildman–Crippen LogP) is 2.80. The molecule has 1 aromatic heterocycles. The molecule has 0 unspecified atom stereocenters. The Morgan fingerprint density at radius 1 is 1.18 bits per heavy atom. The molecule has 0 saturated carbocycles. The van der Waals surface area contributed by atoms with E-state index in [9.17, 15) is 0 Å². The van der Waals surface area contributed by atoms with Crippen LogP contribution in [0.3, 0.4) is 0 Å². The quantitative estimate of drug-likeness (QED) is 0.846. The van der Waals surface area contributed by atoms with Crippen molar-refractivity contribution in [2.75, 3.05) is 6.54 Å². The van der Waals surface area contributed by atoms with E-state index in [1.54, 1.807) is 0 Å².